The van der Waals surface area contributed by atoms with Crippen LogP contribution in [0.2, 0.25) is 0 Å². The van der Waals surface area contributed by atoms with E-state index in [-0.39, 0.29) is 23.4 Å². The number of halogens is 3. The van der Waals surface area contributed by atoms with Gasteiger partial charge in [-0.15, -0.1) is 10.2 Å². The molecule has 8 nitrogen and oxygen atoms in total. The number of pyridine rings is 1. The molecule has 0 bridgehead atoms. The van der Waals surface area contributed by atoms with Crippen molar-refractivity contribution in [3.8, 4) is 0 Å². The molecule has 1 atom stereocenters. The lowest BCUT2D eigenvalue weighted by molar-refractivity contribution is -0.138. The lowest BCUT2D eigenvalue weighted by atomic mass is 9.59. The zero-order valence-electron chi connectivity index (χ0n) is 24.5. The predicted octanol–water partition coefficient (Wildman–Crippen LogP) is 5.12. The van der Waals surface area contributed by atoms with Crippen LogP contribution in [0.3, 0.4) is 0 Å². The summed E-state index contributed by atoms with van der Waals surface area (Å²) in [6, 6.07) is 4.49. The van der Waals surface area contributed by atoms with Crippen molar-refractivity contribution >= 4 is 11.6 Å². The van der Waals surface area contributed by atoms with E-state index in [4.69, 9.17) is 0 Å². The van der Waals surface area contributed by atoms with Crippen LogP contribution in [0.5, 0.6) is 0 Å². The first-order valence-corrected chi connectivity index (χ1v) is 14.8. The van der Waals surface area contributed by atoms with Crippen molar-refractivity contribution in [1.82, 2.24) is 24.2 Å². The Morgan fingerprint density at radius 2 is 1.86 bits per heavy atom. The molecule has 0 N–H and O–H groups in total. The van der Waals surface area contributed by atoms with Crippen LogP contribution in [-0.4, -0.2) is 43.2 Å². The van der Waals surface area contributed by atoms with E-state index >= 15 is 0 Å². The van der Waals surface area contributed by atoms with Crippen LogP contribution in [0.15, 0.2) is 35.5 Å². The third kappa shape index (κ3) is 4.75. The van der Waals surface area contributed by atoms with Crippen molar-refractivity contribution in [2.75, 3.05) is 18.0 Å². The van der Waals surface area contributed by atoms with E-state index in [1.807, 2.05) is 18.5 Å². The van der Waals surface area contributed by atoms with E-state index in [1.54, 1.807) is 24.7 Å². The number of aryl methyl sites for hydroxylation is 2. The van der Waals surface area contributed by atoms with Crippen molar-refractivity contribution in [3.05, 3.63) is 74.7 Å². The maximum Gasteiger partial charge on any atom is 0.416 e. The van der Waals surface area contributed by atoms with Gasteiger partial charge in [0.2, 0.25) is 0 Å². The first kappa shape index (κ1) is 28.6. The summed E-state index contributed by atoms with van der Waals surface area (Å²) < 4.78 is 46.6. The Morgan fingerprint density at radius 1 is 1.10 bits per heavy atom. The minimum Gasteiger partial charge on any atom is -0.320 e. The maximum absolute atomic E-state index is 14.4. The van der Waals surface area contributed by atoms with Crippen LogP contribution in [0.4, 0.5) is 18.9 Å². The summed E-state index contributed by atoms with van der Waals surface area (Å²) in [7, 11) is 1.87. The van der Waals surface area contributed by atoms with Gasteiger partial charge in [0.25, 0.3) is 11.5 Å². The molecule has 1 aliphatic carbocycles. The van der Waals surface area contributed by atoms with Gasteiger partial charge in [0.15, 0.2) is 0 Å². The number of aromatic nitrogens is 4. The quantitative estimate of drug-likeness (QED) is 0.403. The minimum absolute atomic E-state index is 0.0259. The van der Waals surface area contributed by atoms with Gasteiger partial charge >= 0.3 is 6.18 Å². The fourth-order valence-corrected chi connectivity index (χ4v) is 7.40. The van der Waals surface area contributed by atoms with Crippen molar-refractivity contribution in [2.24, 2.45) is 18.9 Å². The van der Waals surface area contributed by atoms with Gasteiger partial charge in [-0.2, -0.15) is 13.2 Å². The topological polar surface area (TPSA) is 76.3 Å². The van der Waals surface area contributed by atoms with E-state index in [0.29, 0.717) is 30.5 Å². The number of amides is 1. The van der Waals surface area contributed by atoms with Crippen LogP contribution in [0.1, 0.15) is 84.9 Å². The number of likely N-dealkylation sites (tertiary alicyclic amines) is 1. The van der Waals surface area contributed by atoms with Crippen LogP contribution in [0, 0.1) is 11.8 Å². The van der Waals surface area contributed by atoms with E-state index in [9.17, 15) is 22.8 Å². The third-order valence-corrected chi connectivity index (χ3v) is 9.34. The van der Waals surface area contributed by atoms with Gasteiger partial charge in [0, 0.05) is 38.4 Å². The zero-order valence-corrected chi connectivity index (χ0v) is 24.5. The number of fused-ring (bicyclic) bond motifs is 1. The number of rotatable bonds is 6. The molecule has 1 saturated carbocycles. The van der Waals surface area contributed by atoms with Gasteiger partial charge in [-0.1, -0.05) is 13.8 Å². The highest BCUT2D eigenvalue weighted by molar-refractivity contribution is 6.10. The van der Waals surface area contributed by atoms with Gasteiger partial charge in [0.1, 0.15) is 17.8 Å². The summed E-state index contributed by atoms with van der Waals surface area (Å²) in [5, 5.41) is 8.47. The highest BCUT2D eigenvalue weighted by Gasteiger charge is 2.49. The summed E-state index contributed by atoms with van der Waals surface area (Å²) in [6.45, 7) is 8.16. The normalized spacial score (nSPS) is 24.6. The summed E-state index contributed by atoms with van der Waals surface area (Å²) in [6.07, 6.45) is 2.48. The Balaban J connectivity index is 1.42. The van der Waals surface area contributed by atoms with Gasteiger partial charge in [-0.25, -0.2) is 0 Å². The molecular weight excluding hydrogens is 545 g/mol. The number of benzene rings is 1. The summed E-state index contributed by atoms with van der Waals surface area (Å²) in [5.41, 5.74) is -0.381. The summed E-state index contributed by atoms with van der Waals surface area (Å²) >= 11 is 0. The molecular formula is C31H37F3N6O2. The molecule has 224 valence electrons. The number of anilines is 1. The van der Waals surface area contributed by atoms with E-state index in [1.165, 1.54) is 15.5 Å². The molecule has 1 saturated heterocycles. The van der Waals surface area contributed by atoms with Crippen LogP contribution in [-0.2, 0) is 38.3 Å². The van der Waals surface area contributed by atoms with Crippen LogP contribution >= 0.6 is 0 Å². The average molecular weight is 583 g/mol. The standard InChI is InChI=1S/C31H37F3N6O2/c1-5-39-16-22(30(12-20(3)13-30)29-36-35-18-37(29)4)11-26(28(39)42)40-17-24-23(27(40)41)9-21(10-25(24)31(32,33)34)15-38-8-6-7-19(2)14-38/h9-11,16,18-20H,5-8,12-15,17H2,1-4H3/t19-,20?,30?/m0/s1. The Hall–Kier alpha value is -3.47. The molecule has 42 heavy (non-hydrogen) atoms. The Kier molecular flexibility index (Phi) is 7.06. The third-order valence-electron chi connectivity index (χ3n) is 9.34. The first-order chi connectivity index (χ1) is 19.9. The molecule has 2 aromatic heterocycles. The Bertz CT molecular complexity index is 1590. The highest BCUT2D eigenvalue weighted by Crippen LogP contribution is 2.52. The number of nitrogens with zero attached hydrogens (tertiary/aromatic N) is 6. The molecule has 0 spiro atoms. The number of alkyl halides is 3. The largest absolute Gasteiger partial charge is 0.416 e. The zero-order chi connectivity index (χ0) is 30.0. The molecule has 2 fully saturated rings. The van der Waals surface area contributed by atoms with Gasteiger partial charge < -0.3 is 9.13 Å². The number of carbonyl (C=O) groups excluding carboxylic acids is 1. The van der Waals surface area contributed by atoms with E-state index < -0.39 is 28.6 Å². The smallest absolute Gasteiger partial charge is 0.320 e. The minimum atomic E-state index is -4.63. The lowest BCUT2D eigenvalue weighted by Crippen LogP contribution is -2.44. The molecule has 2 aliphatic heterocycles. The molecule has 3 aromatic rings. The molecule has 11 heteroatoms. The molecule has 0 radical (unpaired) electrons. The average Bonchev–Trinajstić information content (AvgIpc) is 3.49. The van der Waals surface area contributed by atoms with Crippen molar-refractivity contribution in [1.29, 1.82) is 0 Å². The maximum atomic E-state index is 14.4. The number of piperidine rings is 1. The van der Waals surface area contributed by atoms with E-state index in [0.717, 1.165) is 50.2 Å². The monoisotopic (exact) mass is 582 g/mol. The number of hydrogen-bond acceptors (Lipinski definition) is 5. The molecule has 4 heterocycles. The van der Waals surface area contributed by atoms with Gasteiger partial charge in [0.05, 0.1) is 17.5 Å². The SMILES string of the molecule is CCn1cc(C2(c3nncn3C)CC(C)C2)cc(N2Cc3c(cc(CN4CCC[C@H](C)C4)cc3C(F)(F)F)C2=O)c1=O. The van der Waals surface area contributed by atoms with Crippen molar-refractivity contribution < 1.29 is 18.0 Å². The summed E-state index contributed by atoms with van der Waals surface area (Å²) in [5.74, 6) is 1.08. The van der Waals surface area contributed by atoms with E-state index in [2.05, 4.69) is 28.9 Å². The molecule has 1 aromatic carbocycles. The first-order valence-electron chi connectivity index (χ1n) is 14.8. The van der Waals surface area contributed by atoms with Crippen LogP contribution in [0.25, 0.3) is 0 Å². The molecule has 6 rings (SSSR count). The van der Waals surface area contributed by atoms with Gasteiger partial charge in [-0.05, 0) is 85.9 Å². The lowest BCUT2D eigenvalue weighted by Gasteiger charge is -2.46. The Morgan fingerprint density at radius 3 is 2.48 bits per heavy atom. The molecule has 0 unspecified atom stereocenters. The molecule has 3 aliphatic rings. The van der Waals surface area contributed by atoms with Crippen molar-refractivity contribution in [3.63, 3.8) is 0 Å². The van der Waals surface area contributed by atoms with Crippen LogP contribution < -0.4 is 10.5 Å². The number of carbonyl (C=O) groups is 1. The highest BCUT2D eigenvalue weighted by atomic mass is 19.4. The molecule has 1 amide bonds. The second kappa shape index (κ2) is 10.4. The van der Waals surface area contributed by atoms with Gasteiger partial charge in [-0.3, -0.25) is 19.4 Å². The Labute approximate surface area is 243 Å². The van der Waals surface area contributed by atoms with Crippen molar-refractivity contribution in [2.45, 2.75) is 77.7 Å². The second-order valence-corrected chi connectivity index (χ2v) is 12.6. The summed E-state index contributed by atoms with van der Waals surface area (Å²) in [4.78, 5) is 30.9. The predicted molar refractivity (Wildman–Crippen MR) is 152 cm³/mol. The fourth-order valence-electron chi connectivity index (χ4n) is 7.40. The fraction of sp³-hybridized carbons (Fsp3) is 0.548. The second-order valence-electron chi connectivity index (χ2n) is 12.6. The number of hydrogen-bond donors (Lipinski definition) is 0.